The molecule has 5 rings (SSSR count). The molecule has 1 aromatic carbocycles. The van der Waals surface area contributed by atoms with Gasteiger partial charge in [-0.25, -0.2) is 9.78 Å². The van der Waals surface area contributed by atoms with E-state index in [4.69, 9.17) is 21.3 Å². The van der Waals surface area contributed by atoms with Gasteiger partial charge in [-0.15, -0.1) is 0 Å². The minimum absolute atomic E-state index is 0.0425. The second kappa shape index (κ2) is 8.11. The Morgan fingerprint density at radius 1 is 1.22 bits per heavy atom. The van der Waals surface area contributed by atoms with E-state index in [1.807, 2.05) is 24.0 Å². The lowest BCUT2D eigenvalue weighted by Gasteiger charge is -2.30. The fourth-order valence-corrected chi connectivity index (χ4v) is 4.89. The number of ether oxygens (including phenoxy) is 1. The van der Waals surface area contributed by atoms with Gasteiger partial charge in [0.15, 0.2) is 0 Å². The highest BCUT2D eigenvalue weighted by molar-refractivity contribution is 6.33. The molecule has 0 spiro atoms. The van der Waals surface area contributed by atoms with Gasteiger partial charge in [-0.2, -0.15) is 0 Å². The Kier molecular flexibility index (Phi) is 5.27. The summed E-state index contributed by atoms with van der Waals surface area (Å²) in [7, 11) is 0. The molecule has 0 aliphatic carbocycles. The first-order valence-corrected chi connectivity index (χ1v) is 11.0. The molecule has 2 aliphatic heterocycles. The minimum atomic E-state index is -1.09. The number of hydrogen-bond donors (Lipinski definition) is 1. The van der Waals surface area contributed by atoms with Crippen LogP contribution in [0.3, 0.4) is 0 Å². The SMILES string of the molecule is CC(c1cc(C(=O)O)cn2c(=O)cc(N3CCOCC3)nc12)N1CCc2cccc(Cl)c21. The zero-order chi connectivity index (χ0) is 22.4. The number of nitrogens with zero attached hydrogens (tertiary/aromatic N) is 4. The van der Waals surface area contributed by atoms with Gasteiger partial charge in [0.25, 0.3) is 5.56 Å². The van der Waals surface area contributed by atoms with Gasteiger partial charge in [-0.05, 0) is 31.0 Å². The Hall–Kier alpha value is -3.10. The van der Waals surface area contributed by atoms with E-state index < -0.39 is 5.97 Å². The van der Waals surface area contributed by atoms with E-state index in [0.717, 1.165) is 24.2 Å². The first-order valence-electron chi connectivity index (χ1n) is 10.6. The number of pyridine rings is 1. The molecule has 1 N–H and O–H groups in total. The van der Waals surface area contributed by atoms with E-state index in [-0.39, 0.29) is 17.2 Å². The van der Waals surface area contributed by atoms with Crippen molar-refractivity contribution in [2.24, 2.45) is 0 Å². The molecule has 2 aliphatic rings. The maximum absolute atomic E-state index is 13.0. The number of rotatable bonds is 4. The third-order valence-electron chi connectivity index (χ3n) is 6.26. The average molecular weight is 455 g/mol. The summed E-state index contributed by atoms with van der Waals surface area (Å²) in [6, 6.07) is 8.69. The molecule has 1 saturated heterocycles. The van der Waals surface area contributed by atoms with Gasteiger partial charge >= 0.3 is 5.97 Å². The summed E-state index contributed by atoms with van der Waals surface area (Å²) < 4.78 is 6.75. The predicted octanol–water partition coefficient (Wildman–Crippen LogP) is 3.01. The van der Waals surface area contributed by atoms with Crippen LogP contribution in [-0.4, -0.2) is 53.3 Å². The van der Waals surface area contributed by atoms with Crippen LogP contribution < -0.4 is 15.4 Å². The van der Waals surface area contributed by atoms with Crippen molar-refractivity contribution in [1.82, 2.24) is 9.38 Å². The van der Waals surface area contributed by atoms with Crippen molar-refractivity contribution >= 4 is 34.7 Å². The van der Waals surface area contributed by atoms with Gasteiger partial charge in [0, 0.05) is 37.5 Å². The summed E-state index contributed by atoms with van der Waals surface area (Å²) in [5.41, 5.74) is 2.96. The lowest BCUT2D eigenvalue weighted by atomic mass is 10.1. The fraction of sp³-hybridized carbons (Fsp3) is 0.348. The monoisotopic (exact) mass is 454 g/mol. The molecule has 8 nitrogen and oxygen atoms in total. The molecule has 1 fully saturated rings. The number of carbonyl (C=O) groups is 1. The minimum Gasteiger partial charge on any atom is -0.478 e. The van der Waals surface area contributed by atoms with E-state index in [9.17, 15) is 14.7 Å². The van der Waals surface area contributed by atoms with Crippen LogP contribution >= 0.6 is 11.6 Å². The molecular weight excluding hydrogens is 432 g/mol. The number of morpholine rings is 1. The second-order valence-corrected chi connectivity index (χ2v) is 8.51. The van der Waals surface area contributed by atoms with Crippen molar-refractivity contribution in [3.8, 4) is 0 Å². The number of para-hydroxylation sites is 1. The van der Waals surface area contributed by atoms with Crippen LogP contribution in [0.5, 0.6) is 0 Å². The van der Waals surface area contributed by atoms with E-state index in [1.165, 1.54) is 16.7 Å². The number of aromatic carboxylic acids is 1. The van der Waals surface area contributed by atoms with Crippen LogP contribution in [0.4, 0.5) is 11.5 Å². The number of carboxylic acid groups (broad SMARTS) is 1. The molecule has 0 amide bonds. The van der Waals surface area contributed by atoms with Crippen LogP contribution in [0.15, 0.2) is 41.3 Å². The predicted molar refractivity (Wildman–Crippen MR) is 122 cm³/mol. The maximum Gasteiger partial charge on any atom is 0.337 e. The van der Waals surface area contributed by atoms with Crippen LogP contribution in [0.1, 0.15) is 34.5 Å². The van der Waals surface area contributed by atoms with Crippen molar-refractivity contribution in [3.63, 3.8) is 0 Å². The number of halogens is 1. The van der Waals surface area contributed by atoms with Gasteiger partial charge in [-0.1, -0.05) is 23.7 Å². The van der Waals surface area contributed by atoms with E-state index in [0.29, 0.717) is 48.4 Å². The smallest absolute Gasteiger partial charge is 0.337 e. The van der Waals surface area contributed by atoms with Gasteiger partial charge in [-0.3, -0.25) is 9.20 Å². The molecule has 3 aromatic rings. The standard InChI is InChI=1S/C23H23ClN4O4/c1-14(27-6-5-15-3-2-4-18(24)21(15)27)17-11-16(23(30)31)13-28-20(29)12-19(25-22(17)28)26-7-9-32-10-8-26/h2-4,11-14H,5-10H2,1H3,(H,30,31). The normalized spacial score (nSPS) is 16.9. The zero-order valence-electron chi connectivity index (χ0n) is 17.6. The van der Waals surface area contributed by atoms with Gasteiger partial charge in [0.1, 0.15) is 11.5 Å². The summed E-state index contributed by atoms with van der Waals surface area (Å²) in [5, 5.41) is 10.3. The Balaban J connectivity index is 1.68. The number of carboxylic acids is 1. The lowest BCUT2D eigenvalue weighted by Crippen LogP contribution is -2.38. The van der Waals surface area contributed by atoms with Crippen molar-refractivity contribution in [2.75, 3.05) is 42.6 Å². The van der Waals surface area contributed by atoms with Gasteiger partial charge in [0.05, 0.1) is 35.5 Å². The molecule has 4 heterocycles. The summed E-state index contributed by atoms with van der Waals surface area (Å²) >= 11 is 6.52. The van der Waals surface area contributed by atoms with Crippen molar-refractivity contribution in [1.29, 1.82) is 0 Å². The molecule has 9 heteroatoms. The van der Waals surface area contributed by atoms with Gasteiger partial charge in [0.2, 0.25) is 0 Å². The first kappa shape index (κ1) is 20.8. The zero-order valence-corrected chi connectivity index (χ0v) is 18.4. The molecule has 2 aromatic heterocycles. The average Bonchev–Trinajstić information content (AvgIpc) is 3.24. The van der Waals surface area contributed by atoms with E-state index >= 15 is 0 Å². The molecular formula is C23H23ClN4O4. The Bertz CT molecular complexity index is 1270. The molecule has 0 saturated carbocycles. The van der Waals surface area contributed by atoms with E-state index in [1.54, 1.807) is 6.07 Å². The summed E-state index contributed by atoms with van der Waals surface area (Å²) in [6.45, 7) is 5.19. The quantitative estimate of drug-likeness (QED) is 0.648. The second-order valence-electron chi connectivity index (χ2n) is 8.10. The topological polar surface area (TPSA) is 87.4 Å². The highest BCUT2D eigenvalue weighted by Gasteiger charge is 2.29. The lowest BCUT2D eigenvalue weighted by molar-refractivity contribution is 0.0696. The third kappa shape index (κ3) is 3.49. The van der Waals surface area contributed by atoms with Gasteiger partial charge < -0.3 is 19.6 Å². The Morgan fingerprint density at radius 3 is 2.75 bits per heavy atom. The molecule has 32 heavy (non-hydrogen) atoms. The number of fused-ring (bicyclic) bond motifs is 2. The summed E-state index contributed by atoms with van der Waals surface area (Å²) in [4.78, 5) is 33.8. The highest BCUT2D eigenvalue weighted by Crippen LogP contribution is 2.40. The van der Waals surface area contributed by atoms with Crippen LogP contribution in [0.2, 0.25) is 5.02 Å². The molecule has 1 unspecified atom stereocenters. The molecule has 166 valence electrons. The van der Waals surface area contributed by atoms with Crippen molar-refractivity contribution < 1.29 is 14.6 Å². The Morgan fingerprint density at radius 2 is 2.00 bits per heavy atom. The fourth-order valence-electron chi connectivity index (χ4n) is 4.59. The summed E-state index contributed by atoms with van der Waals surface area (Å²) in [6.07, 6.45) is 2.19. The van der Waals surface area contributed by atoms with Crippen molar-refractivity contribution in [2.45, 2.75) is 19.4 Å². The van der Waals surface area contributed by atoms with E-state index in [2.05, 4.69) is 11.0 Å². The summed E-state index contributed by atoms with van der Waals surface area (Å²) in [5.74, 6) is -0.515. The highest BCUT2D eigenvalue weighted by atomic mass is 35.5. The molecule has 1 atom stereocenters. The Labute approximate surface area is 189 Å². The number of benzene rings is 1. The third-order valence-corrected chi connectivity index (χ3v) is 6.56. The largest absolute Gasteiger partial charge is 0.478 e. The number of hydrogen-bond acceptors (Lipinski definition) is 6. The van der Waals surface area contributed by atoms with Crippen LogP contribution in [-0.2, 0) is 11.2 Å². The van der Waals surface area contributed by atoms with Crippen LogP contribution in [0, 0.1) is 0 Å². The van der Waals surface area contributed by atoms with Crippen LogP contribution in [0.25, 0.3) is 5.65 Å². The first-order chi connectivity index (χ1) is 15.4. The number of aromatic nitrogens is 2. The maximum atomic E-state index is 13.0. The molecule has 0 bridgehead atoms. The van der Waals surface area contributed by atoms with Crippen molar-refractivity contribution in [3.05, 3.63) is 68.6 Å². The molecule has 0 radical (unpaired) electrons. The number of anilines is 2.